The summed E-state index contributed by atoms with van der Waals surface area (Å²) in [4.78, 5) is 37.5. The van der Waals surface area contributed by atoms with Gasteiger partial charge in [-0.2, -0.15) is 0 Å². The summed E-state index contributed by atoms with van der Waals surface area (Å²) < 4.78 is 22.8. The van der Waals surface area contributed by atoms with Gasteiger partial charge in [0.15, 0.2) is 12.4 Å². The van der Waals surface area contributed by atoms with Gasteiger partial charge in [0.25, 0.3) is 0 Å². The predicted molar refractivity (Wildman–Crippen MR) is 388 cm³/mol. The zero-order valence-electron chi connectivity index (χ0n) is 58.1. The van der Waals surface area contributed by atoms with Crippen LogP contribution in [0.1, 0.15) is 245 Å². The van der Waals surface area contributed by atoms with Crippen molar-refractivity contribution in [3.63, 3.8) is 0 Å². The number of hydrogen-bond acceptors (Lipinski definition) is 8. The topological polar surface area (TPSA) is 111 Å². The van der Waals surface area contributed by atoms with E-state index in [9.17, 15) is 19.5 Å². The standard InChI is InChI=1S/C82H129NO8/c1-6-8-10-12-14-16-18-20-22-24-26-28-30-32-34-35-36-37-38-39-40-41-42-43-44-45-47-49-51-53-55-57-59-61-63-65-67-69-71-73-80(85)91-78(77-90-82(81(86)87)88-75-74-83(3,4)5)76-89-79(84)72-70-68-66-64-62-60-58-56-54-52-50-48-46-33-31-29-27-25-23-21-19-17-15-13-11-9-7-2/h8-11,14-17,20-23,26-29,32-34,36-37,39-40,42-43,45-47,51,53,57,59,78,82H,6-7,12-13,18-19,24-25,30-31,35,38,41,44,48-50,52,54-56,58,60-77H2,1-5H3/b10-8-,11-9-,16-14-,17-15-,22-20-,23-21-,28-26-,29-27-,34-32-,37-36-,40-39-,43-42-,46-33-,47-45-,53-51-,59-57-. The van der Waals surface area contributed by atoms with Crippen LogP contribution in [0.25, 0.3) is 0 Å². The number of allylic oxidation sites excluding steroid dienone is 32. The average Bonchev–Trinajstić information content (AvgIpc) is 3.46. The third-order valence-corrected chi connectivity index (χ3v) is 14.3. The zero-order valence-corrected chi connectivity index (χ0v) is 58.1. The van der Waals surface area contributed by atoms with Gasteiger partial charge >= 0.3 is 11.9 Å². The minimum Gasteiger partial charge on any atom is -0.545 e. The molecule has 0 radical (unpaired) electrons. The molecule has 0 spiro atoms. The fourth-order valence-electron chi connectivity index (χ4n) is 8.98. The number of likely N-dealkylation sites (N-methyl/N-ethyl adjacent to an activating group) is 1. The average molecular weight is 1260 g/mol. The lowest BCUT2D eigenvalue weighted by molar-refractivity contribution is -0.870. The molecular weight excluding hydrogens is 1130 g/mol. The van der Waals surface area contributed by atoms with Gasteiger partial charge in [-0.15, -0.1) is 0 Å². The van der Waals surface area contributed by atoms with E-state index in [-0.39, 0.29) is 38.6 Å². The molecule has 0 aromatic heterocycles. The first-order chi connectivity index (χ1) is 44.6. The van der Waals surface area contributed by atoms with Gasteiger partial charge in [-0.05, 0) is 141 Å². The maximum absolute atomic E-state index is 12.9. The molecule has 0 aliphatic carbocycles. The minimum absolute atomic E-state index is 0.132. The maximum atomic E-state index is 12.9. The summed E-state index contributed by atoms with van der Waals surface area (Å²) in [5.74, 6) is -2.33. The number of unbranched alkanes of at least 4 members (excludes halogenated alkanes) is 16. The van der Waals surface area contributed by atoms with Crippen molar-refractivity contribution in [3.8, 4) is 0 Å². The molecule has 0 aromatic rings. The van der Waals surface area contributed by atoms with Crippen LogP contribution in [-0.2, 0) is 33.3 Å². The third kappa shape index (κ3) is 71.4. The van der Waals surface area contributed by atoms with Crippen LogP contribution in [0.4, 0.5) is 0 Å². The molecule has 0 fully saturated rings. The molecule has 9 heteroatoms. The van der Waals surface area contributed by atoms with Crippen molar-refractivity contribution >= 4 is 17.9 Å². The Morgan fingerprint density at radius 3 is 0.879 bits per heavy atom. The Hall–Kier alpha value is -5.87. The van der Waals surface area contributed by atoms with Gasteiger partial charge in [0.05, 0.1) is 40.3 Å². The van der Waals surface area contributed by atoms with E-state index in [4.69, 9.17) is 18.9 Å². The summed E-state index contributed by atoms with van der Waals surface area (Å²) in [5.41, 5.74) is 0. The van der Waals surface area contributed by atoms with Gasteiger partial charge in [-0.1, -0.05) is 285 Å². The summed E-state index contributed by atoms with van der Waals surface area (Å²) >= 11 is 0. The van der Waals surface area contributed by atoms with Crippen LogP contribution in [0.2, 0.25) is 0 Å². The summed E-state index contributed by atoms with van der Waals surface area (Å²) in [6.07, 6.45) is 105. The quantitative estimate of drug-likeness (QED) is 0.0195. The number of aliphatic carboxylic acids is 1. The first-order valence-electron chi connectivity index (χ1n) is 35.6. The molecule has 510 valence electrons. The largest absolute Gasteiger partial charge is 0.545 e. The number of carboxylic acids is 1. The lowest BCUT2D eigenvalue weighted by Crippen LogP contribution is -2.44. The molecular formula is C82H129NO8. The third-order valence-electron chi connectivity index (χ3n) is 14.3. The van der Waals surface area contributed by atoms with E-state index in [2.05, 4.69) is 208 Å². The Morgan fingerprint density at radius 2 is 0.593 bits per heavy atom. The van der Waals surface area contributed by atoms with Crippen molar-refractivity contribution in [1.29, 1.82) is 0 Å². The Balaban J connectivity index is 4.25. The number of esters is 2. The normalized spacial score (nSPS) is 13.9. The molecule has 0 N–H and O–H groups in total. The van der Waals surface area contributed by atoms with Gasteiger partial charge in [-0.25, -0.2) is 0 Å². The molecule has 2 unspecified atom stereocenters. The first kappa shape index (κ1) is 85.1. The molecule has 9 nitrogen and oxygen atoms in total. The molecule has 0 aliphatic heterocycles. The van der Waals surface area contributed by atoms with E-state index >= 15 is 0 Å². The number of quaternary nitrogens is 1. The molecule has 0 saturated carbocycles. The van der Waals surface area contributed by atoms with E-state index < -0.39 is 24.3 Å². The Morgan fingerprint density at radius 1 is 0.330 bits per heavy atom. The predicted octanol–water partition coefficient (Wildman–Crippen LogP) is 21.2. The maximum Gasteiger partial charge on any atom is 0.306 e. The number of carbonyl (C=O) groups is 3. The number of carboxylic acid groups (broad SMARTS) is 1. The SMILES string of the molecule is CC/C=C\C/C=C\C/C=C\C/C=C\C/C=C\C/C=C\C/C=C\C/C=C\C/C=C\C/C=C\C/C=C\CCCCCCCC(=O)OC(COC(=O)CCCCCCCCCCCCC/C=C\C/C=C\C/C=C\C/C=C\C/C=C\CC)COC(OCC[N+](C)(C)C)C(=O)[O-]. The molecule has 2 atom stereocenters. The van der Waals surface area contributed by atoms with Crippen LogP contribution in [0, 0.1) is 0 Å². The van der Waals surface area contributed by atoms with Crippen molar-refractivity contribution < 1.29 is 42.9 Å². The summed E-state index contributed by atoms with van der Waals surface area (Å²) in [6, 6.07) is 0. The highest BCUT2D eigenvalue weighted by molar-refractivity contribution is 5.70. The van der Waals surface area contributed by atoms with Crippen LogP contribution in [0.3, 0.4) is 0 Å². The van der Waals surface area contributed by atoms with Crippen molar-refractivity contribution in [1.82, 2.24) is 0 Å². The van der Waals surface area contributed by atoms with E-state index in [0.717, 1.165) is 167 Å². The summed E-state index contributed by atoms with van der Waals surface area (Å²) in [6.45, 7) is 4.47. The second-order valence-corrected chi connectivity index (χ2v) is 24.1. The van der Waals surface area contributed by atoms with Crippen LogP contribution in [0.15, 0.2) is 194 Å². The summed E-state index contributed by atoms with van der Waals surface area (Å²) in [5, 5.41) is 11.8. The molecule has 0 bridgehead atoms. The number of hydrogen-bond donors (Lipinski definition) is 0. The van der Waals surface area contributed by atoms with Gasteiger partial charge in [0.1, 0.15) is 13.2 Å². The lowest BCUT2D eigenvalue weighted by Gasteiger charge is -2.26. The van der Waals surface area contributed by atoms with Crippen LogP contribution >= 0.6 is 0 Å². The number of carbonyl (C=O) groups excluding carboxylic acids is 3. The van der Waals surface area contributed by atoms with Crippen molar-refractivity contribution in [2.24, 2.45) is 0 Å². The summed E-state index contributed by atoms with van der Waals surface area (Å²) in [7, 11) is 5.91. The van der Waals surface area contributed by atoms with Crippen molar-refractivity contribution in [2.45, 2.75) is 257 Å². The smallest absolute Gasteiger partial charge is 0.306 e. The Bertz CT molecular complexity index is 2200. The number of nitrogens with zero attached hydrogens (tertiary/aromatic N) is 1. The van der Waals surface area contributed by atoms with E-state index in [1.54, 1.807) is 0 Å². The Kier molecular flexibility index (Phi) is 65.5. The molecule has 0 aliphatic rings. The van der Waals surface area contributed by atoms with E-state index in [0.29, 0.717) is 17.4 Å². The highest BCUT2D eigenvalue weighted by Crippen LogP contribution is 2.15. The Labute approximate surface area is 557 Å². The fourth-order valence-corrected chi connectivity index (χ4v) is 8.98. The van der Waals surface area contributed by atoms with Crippen molar-refractivity contribution in [2.75, 3.05) is 47.5 Å². The highest BCUT2D eigenvalue weighted by atomic mass is 16.7. The van der Waals surface area contributed by atoms with Crippen LogP contribution < -0.4 is 5.11 Å². The molecule has 0 aromatic carbocycles. The molecule has 0 heterocycles. The highest BCUT2D eigenvalue weighted by Gasteiger charge is 2.22. The van der Waals surface area contributed by atoms with E-state index in [1.165, 1.54) is 44.9 Å². The van der Waals surface area contributed by atoms with Gasteiger partial charge in [-0.3, -0.25) is 9.59 Å². The van der Waals surface area contributed by atoms with Gasteiger partial charge < -0.3 is 33.3 Å². The molecule has 0 saturated heterocycles. The molecule has 91 heavy (non-hydrogen) atoms. The minimum atomic E-state index is -1.64. The second-order valence-electron chi connectivity index (χ2n) is 24.1. The van der Waals surface area contributed by atoms with Crippen LogP contribution in [-0.4, -0.2) is 82.3 Å². The number of ether oxygens (including phenoxy) is 4. The van der Waals surface area contributed by atoms with Gasteiger partial charge in [0, 0.05) is 12.8 Å². The van der Waals surface area contributed by atoms with E-state index in [1.807, 2.05) is 21.1 Å². The lowest BCUT2D eigenvalue weighted by atomic mass is 10.0. The van der Waals surface area contributed by atoms with Crippen LogP contribution in [0.5, 0.6) is 0 Å². The van der Waals surface area contributed by atoms with Crippen molar-refractivity contribution in [3.05, 3.63) is 194 Å². The van der Waals surface area contributed by atoms with Gasteiger partial charge in [0.2, 0.25) is 0 Å². The first-order valence-corrected chi connectivity index (χ1v) is 35.6. The molecule has 0 rings (SSSR count). The molecule has 0 amide bonds. The fraction of sp³-hybridized carbons (Fsp3) is 0.573. The monoisotopic (exact) mass is 1260 g/mol. The number of rotatable bonds is 63. The second kappa shape index (κ2) is 70.0. The zero-order chi connectivity index (χ0) is 66.1.